The van der Waals surface area contributed by atoms with Gasteiger partial charge in [-0.1, -0.05) is 39.2 Å². The maximum atomic E-state index is 13.5. The highest BCUT2D eigenvalue weighted by Gasteiger charge is 2.34. The second-order valence-corrected chi connectivity index (χ2v) is 11.0. The van der Waals surface area contributed by atoms with Gasteiger partial charge >= 0.3 is 11.9 Å². The van der Waals surface area contributed by atoms with Gasteiger partial charge < -0.3 is 29.7 Å². The van der Waals surface area contributed by atoms with Crippen molar-refractivity contribution in [1.29, 1.82) is 0 Å². The van der Waals surface area contributed by atoms with Crippen LogP contribution in [0, 0.1) is 19.8 Å². The van der Waals surface area contributed by atoms with Gasteiger partial charge in [-0.15, -0.1) is 0 Å². The Bertz CT molecular complexity index is 1600. The summed E-state index contributed by atoms with van der Waals surface area (Å²) in [6.45, 7) is 6.28. The molecule has 3 N–H and O–H groups in total. The normalized spacial score (nSPS) is 11.9. The van der Waals surface area contributed by atoms with Crippen LogP contribution in [0.3, 0.4) is 0 Å². The number of hydrogen-bond donors (Lipinski definition) is 3. The van der Waals surface area contributed by atoms with E-state index in [1.807, 2.05) is 6.92 Å². The van der Waals surface area contributed by atoms with Crippen molar-refractivity contribution in [3.63, 3.8) is 0 Å². The Morgan fingerprint density at radius 3 is 2.46 bits per heavy atom. The average molecular weight is 665 g/mol. The van der Waals surface area contributed by atoms with Crippen LogP contribution in [0.4, 0.5) is 0 Å². The van der Waals surface area contributed by atoms with Crippen LogP contribution in [0.25, 0.3) is 11.3 Å². The number of carbonyl (C=O) groups is 6. The maximum Gasteiger partial charge on any atom is 0.365 e. The zero-order chi connectivity index (χ0) is 35.2. The predicted octanol–water partition coefficient (Wildman–Crippen LogP) is 4.24. The number of hydrogen-bond acceptors (Lipinski definition) is 10. The van der Waals surface area contributed by atoms with Crippen molar-refractivity contribution in [3.05, 3.63) is 70.7 Å². The van der Waals surface area contributed by atoms with Crippen LogP contribution < -0.4 is 15.4 Å². The molecule has 2 unspecified atom stereocenters. The number of carboxylic acids is 1. The number of furan rings is 1. The molecule has 0 radical (unpaired) electrons. The summed E-state index contributed by atoms with van der Waals surface area (Å²) in [6, 6.07) is 8.23. The summed E-state index contributed by atoms with van der Waals surface area (Å²) >= 11 is 0. The van der Waals surface area contributed by atoms with Crippen molar-refractivity contribution < 1.29 is 47.9 Å². The molecular formula is C34H40N4O10. The van der Waals surface area contributed by atoms with Crippen LogP contribution in [0.15, 0.2) is 47.0 Å². The first kappa shape index (κ1) is 36.9. The number of rotatable bonds is 19. The lowest BCUT2D eigenvalue weighted by Crippen LogP contribution is -2.49. The lowest BCUT2D eigenvalue weighted by atomic mass is 9.90. The lowest BCUT2D eigenvalue weighted by molar-refractivity contribution is -0.171. The summed E-state index contributed by atoms with van der Waals surface area (Å²) in [4.78, 5) is 83.3. The van der Waals surface area contributed by atoms with E-state index in [4.69, 9.17) is 19.1 Å². The number of aromatic nitrogens is 1. The van der Waals surface area contributed by atoms with Crippen molar-refractivity contribution in [2.24, 2.45) is 5.92 Å². The Morgan fingerprint density at radius 2 is 1.81 bits per heavy atom. The Hall–Kier alpha value is -5.53. The number of pyridine rings is 1. The molecule has 0 saturated heterocycles. The van der Waals surface area contributed by atoms with Crippen LogP contribution >= 0.6 is 0 Å². The Labute approximate surface area is 277 Å². The standard InChI is InChI=1S/C34H40N4O10/c1-5-7-8-9-25(26(6-2)38(20-40)48-34(45)31-21(3)14-15-35-22(31)4)32(43)36-19-37-33(44)28-13-12-27(47-28)23-10-11-24(17-39)29(16-23)46-18-30(41)42/h10-17,20,25-26H,5-9,18-19H2,1-4H3,(H,36,43)(H,37,44)(H,41,42). The molecule has 2 heterocycles. The van der Waals surface area contributed by atoms with Gasteiger partial charge in [-0.2, -0.15) is 5.06 Å². The van der Waals surface area contributed by atoms with Crippen molar-refractivity contribution in [1.82, 2.24) is 20.7 Å². The molecule has 0 bridgehead atoms. The number of unbranched alkanes of at least 4 members (excludes halogenated alkanes) is 2. The van der Waals surface area contributed by atoms with Gasteiger partial charge in [0.15, 0.2) is 18.7 Å². The fourth-order valence-electron chi connectivity index (χ4n) is 5.16. The lowest BCUT2D eigenvalue weighted by Gasteiger charge is -2.32. The van der Waals surface area contributed by atoms with Gasteiger partial charge in [-0.3, -0.25) is 24.2 Å². The summed E-state index contributed by atoms with van der Waals surface area (Å²) in [7, 11) is 0. The third kappa shape index (κ3) is 9.74. The zero-order valence-electron chi connectivity index (χ0n) is 27.3. The van der Waals surface area contributed by atoms with E-state index in [-0.39, 0.29) is 35.1 Å². The highest BCUT2D eigenvalue weighted by atomic mass is 16.7. The third-order valence-corrected chi connectivity index (χ3v) is 7.63. The predicted molar refractivity (Wildman–Crippen MR) is 172 cm³/mol. The van der Waals surface area contributed by atoms with Crippen LogP contribution in [0.2, 0.25) is 0 Å². The summed E-state index contributed by atoms with van der Waals surface area (Å²) < 4.78 is 10.8. The van der Waals surface area contributed by atoms with Gasteiger partial charge in [0.1, 0.15) is 11.5 Å². The monoisotopic (exact) mass is 664 g/mol. The summed E-state index contributed by atoms with van der Waals surface area (Å²) in [5, 5.41) is 15.0. The summed E-state index contributed by atoms with van der Waals surface area (Å²) in [6.07, 6.45) is 5.62. The average Bonchev–Trinajstić information content (AvgIpc) is 3.56. The van der Waals surface area contributed by atoms with Gasteiger partial charge in [0.25, 0.3) is 5.91 Å². The molecule has 0 aliphatic rings. The Balaban J connectivity index is 1.68. The number of amides is 3. The molecular weight excluding hydrogens is 624 g/mol. The first-order chi connectivity index (χ1) is 23.0. The topological polar surface area (TPSA) is 194 Å². The number of hydroxylamine groups is 2. The second-order valence-electron chi connectivity index (χ2n) is 11.0. The van der Waals surface area contributed by atoms with E-state index in [0.717, 1.165) is 17.9 Å². The zero-order valence-corrected chi connectivity index (χ0v) is 27.3. The maximum absolute atomic E-state index is 13.5. The molecule has 3 rings (SSSR count). The molecule has 2 atom stereocenters. The molecule has 0 saturated carbocycles. The molecule has 1 aromatic carbocycles. The van der Waals surface area contributed by atoms with Crippen molar-refractivity contribution in [3.8, 4) is 17.1 Å². The third-order valence-electron chi connectivity index (χ3n) is 7.63. The number of benzene rings is 1. The summed E-state index contributed by atoms with van der Waals surface area (Å²) in [5.74, 6) is -3.58. The molecule has 0 aliphatic carbocycles. The molecule has 0 aliphatic heterocycles. The van der Waals surface area contributed by atoms with Gasteiger partial charge in [0.2, 0.25) is 12.3 Å². The molecule has 3 amide bonds. The molecule has 0 fully saturated rings. The van der Waals surface area contributed by atoms with Gasteiger partial charge in [0.05, 0.1) is 35.4 Å². The molecule has 0 spiro atoms. The summed E-state index contributed by atoms with van der Waals surface area (Å²) in [5.41, 5.74) is 1.89. The Kier molecular flexibility index (Phi) is 13.8. The Morgan fingerprint density at radius 1 is 1.04 bits per heavy atom. The number of ether oxygens (including phenoxy) is 1. The minimum absolute atomic E-state index is 0.0408. The number of aldehydes is 1. The second kappa shape index (κ2) is 18.0. The van der Waals surface area contributed by atoms with Crippen molar-refractivity contribution in [2.45, 2.75) is 65.8 Å². The minimum atomic E-state index is -1.21. The smallest absolute Gasteiger partial charge is 0.365 e. The molecule has 14 nitrogen and oxygen atoms in total. The van der Waals surface area contributed by atoms with Gasteiger partial charge in [-0.25, -0.2) is 9.59 Å². The number of carbonyl (C=O) groups excluding carboxylic acids is 5. The fraction of sp³-hybridized carbons (Fsp3) is 0.382. The van der Waals surface area contributed by atoms with Gasteiger partial charge in [-0.05, 0) is 62.6 Å². The van der Waals surface area contributed by atoms with Crippen LogP contribution in [-0.2, 0) is 19.2 Å². The molecule has 256 valence electrons. The molecule has 2 aromatic heterocycles. The highest BCUT2D eigenvalue weighted by molar-refractivity contribution is 5.93. The largest absolute Gasteiger partial charge is 0.481 e. The number of carboxylic acid groups (broad SMARTS) is 1. The number of nitrogens with zero attached hydrogens (tertiary/aromatic N) is 2. The fourth-order valence-corrected chi connectivity index (χ4v) is 5.16. The highest BCUT2D eigenvalue weighted by Crippen LogP contribution is 2.28. The van der Waals surface area contributed by atoms with E-state index in [1.165, 1.54) is 24.3 Å². The molecule has 3 aromatic rings. The number of nitrogens with one attached hydrogen (secondary N) is 2. The first-order valence-corrected chi connectivity index (χ1v) is 15.5. The van der Waals surface area contributed by atoms with Crippen molar-refractivity contribution >= 4 is 36.4 Å². The first-order valence-electron chi connectivity index (χ1n) is 15.5. The molecule has 14 heteroatoms. The molecule has 48 heavy (non-hydrogen) atoms. The van der Waals surface area contributed by atoms with E-state index >= 15 is 0 Å². The number of aliphatic carboxylic acids is 1. The SMILES string of the molecule is CCCCCC(C(=O)NCNC(=O)c1ccc(-c2ccc(C=O)c(OCC(=O)O)c2)o1)C(CC)N(C=O)OC(=O)c1c(C)ccnc1C. The van der Waals surface area contributed by atoms with E-state index in [0.29, 0.717) is 48.8 Å². The number of aryl methyl sites for hydroxylation is 2. The van der Waals surface area contributed by atoms with Crippen LogP contribution in [0.1, 0.15) is 88.5 Å². The minimum Gasteiger partial charge on any atom is -0.481 e. The van der Waals surface area contributed by atoms with Gasteiger partial charge in [0, 0.05) is 11.8 Å². The van der Waals surface area contributed by atoms with E-state index in [9.17, 15) is 28.8 Å². The van der Waals surface area contributed by atoms with E-state index < -0.39 is 42.3 Å². The quantitative estimate of drug-likeness (QED) is 0.0718. The van der Waals surface area contributed by atoms with E-state index in [1.54, 1.807) is 39.1 Å². The van der Waals surface area contributed by atoms with Crippen LogP contribution in [-0.4, -0.2) is 70.9 Å². The van der Waals surface area contributed by atoms with Crippen molar-refractivity contribution in [2.75, 3.05) is 13.3 Å². The van der Waals surface area contributed by atoms with E-state index in [2.05, 4.69) is 15.6 Å². The van der Waals surface area contributed by atoms with Crippen LogP contribution in [0.5, 0.6) is 5.75 Å².